The molecule has 0 aromatic rings. The van der Waals surface area contributed by atoms with E-state index in [0.29, 0.717) is 18.2 Å². The molecule has 1 unspecified atom stereocenters. The molecule has 1 saturated carbocycles. The summed E-state index contributed by atoms with van der Waals surface area (Å²) in [6.07, 6.45) is 10.6. The van der Waals surface area contributed by atoms with E-state index in [2.05, 4.69) is 17.1 Å². The van der Waals surface area contributed by atoms with Crippen molar-refractivity contribution in [1.29, 1.82) is 0 Å². The average Bonchev–Trinajstić information content (AvgIpc) is 2.88. The summed E-state index contributed by atoms with van der Waals surface area (Å²) in [5, 5.41) is 12.7. The molecule has 1 aliphatic carbocycles. The zero-order chi connectivity index (χ0) is 12.8. The number of hydrogen-bond donors (Lipinski definition) is 2. The van der Waals surface area contributed by atoms with Crippen LogP contribution in [0, 0.1) is 0 Å². The third-order valence-corrected chi connectivity index (χ3v) is 4.90. The Hall–Kier alpha value is -0.120. The summed E-state index contributed by atoms with van der Waals surface area (Å²) in [7, 11) is 0. The van der Waals surface area contributed by atoms with Crippen molar-refractivity contribution in [1.82, 2.24) is 10.2 Å². The highest BCUT2D eigenvalue weighted by atomic mass is 16.3. The van der Waals surface area contributed by atoms with Crippen molar-refractivity contribution >= 4 is 0 Å². The highest BCUT2D eigenvalue weighted by molar-refractivity contribution is 4.97. The monoisotopic (exact) mass is 254 g/mol. The zero-order valence-electron chi connectivity index (χ0n) is 12.0. The van der Waals surface area contributed by atoms with Crippen molar-refractivity contribution in [2.45, 2.75) is 69.9 Å². The maximum absolute atomic E-state index is 8.99. The Morgan fingerprint density at radius 1 is 1.11 bits per heavy atom. The minimum Gasteiger partial charge on any atom is -0.396 e. The molecule has 0 aromatic carbocycles. The molecule has 3 heteroatoms. The third-order valence-electron chi connectivity index (χ3n) is 4.90. The standard InChI is InChI=1S/C15H30N2O/c1-14(7-12-18)16-13-15(8-3-4-9-15)17-10-5-2-6-11-17/h14,16,18H,2-13H2,1H3. The van der Waals surface area contributed by atoms with Gasteiger partial charge in [-0.25, -0.2) is 0 Å². The summed E-state index contributed by atoms with van der Waals surface area (Å²) in [6.45, 7) is 6.21. The SMILES string of the molecule is CC(CCO)NCC1(N2CCCCC2)CCCC1. The van der Waals surface area contributed by atoms with Crippen molar-refractivity contribution in [2.24, 2.45) is 0 Å². The lowest BCUT2D eigenvalue weighted by atomic mass is 9.91. The largest absolute Gasteiger partial charge is 0.396 e. The normalized spacial score (nSPS) is 26.3. The van der Waals surface area contributed by atoms with Crippen molar-refractivity contribution < 1.29 is 5.11 Å². The van der Waals surface area contributed by atoms with Crippen LogP contribution in [0.4, 0.5) is 0 Å². The van der Waals surface area contributed by atoms with Crippen LogP contribution < -0.4 is 5.32 Å². The van der Waals surface area contributed by atoms with E-state index >= 15 is 0 Å². The van der Waals surface area contributed by atoms with Gasteiger partial charge in [0.2, 0.25) is 0 Å². The Bertz CT molecular complexity index is 233. The molecule has 1 saturated heterocycles. The molecule has 0 bridgehead atoms. The lowest BCUT2D eigenvalue weighted by Crippen LogP contribution is -2.56. The van der Waals surface area contributed by atoms with Gasteiger partial charge in [0, 0.05) is 24.7 Å². The topological polar surface area (TPSA) is 35.5 Å². The van der Waals surface area contributed by atoms with Gasteiger partial charge in [-0.2, -0.15) is 0 Å². The van der Waals surface area contributed by atoms with E-state index in [1.165, 1.54) is 58.0 Å². The molecule has 3 nitrogen and oxygen atoms in total. The third kappa shape index (κ3) is 3.46. The second kappa shape index (κ2) is 6.88. The molecule has 2 aliphatic rings. The molecule has 0 radical (unpaired) electrons. The first-order valence-corrected chi connectivity index (χ1v) is 7.86. The Labute approximate surface area is 112 Å². The lowest BCUT2D eigenvalue weighted by Gasteiger charge is -2.44. The van der Waals surface area contributed by atoms with E-state index in [9.17, 15) is 0 Å². The van der Waals surface area contributed by atoms with Crippen LogP contribution in [0.5, 0.6) is 0 Å². The van der Waals surface area contributed by atoms with Crippen LogP contribution in [0.15, 0.2) is 0 Å². The fourth-order valence-electron chi connectivity index (χ4n) is 3.67. The minimum atomic E-state index is 0.297. The predicted molar refractivity (Wildman–Crippen MR) is 75.8 cm³/mol. The Kier molecular flexibility index (Phi) is 5.46. The van der Waals surface area contributed by atoms with Gasteiger partial charge in [-0.15, -0.1) is 0 Å². The number of hydrogen-bond acceptors (Lipinski definition) is 3. The smallest absolute Gasteiger partial charge is 0.0445 e. The number of nitrogens with zero attached hydrogens (tertiary/aromatic N) is 1. The molecule has 0 aromatic heterocycles. The predicted octanol–water partition coefficient (Wildman–Crippen LogP) is 2.15. The van der Waals surface area contributed by atoms with E-state index in [1.54, 1.807) is 0 Å². The summed E-state index contributed by atoms with van der Waals surface area (Å²) in [5.41, 5.74) is 0.435. The molecule has 1 aliphatic heterocycles. The molecular formula is C15H30N2O. The first-order chi connectivity index (χ1) is 8.77. The molecule has 2 rings (SSSR count). The quantitative estimate of drug-likeness (QED) is 0.762. The van der Waals surface area contributed by atoms with E-state index in [-0.39, 0.29) is 0 Å². The zero-order valence-corrected chi connectivity index (χ0v) is 12.0. The summed E-state index contributed by atoms with van der Waals surface area (Å²) < 4.78 is 0. The van der Waals surface area contributed by atoms with E-state index in [1.807, 2.05) is 0 Å². The average molecular weight is 254 g/mol. The van der Waals surface area contributed by atoms with Crippen molar-refractivity contribution in [3.63, 3.8) is 0 Å². The van der Waals surface area contributed by atoms with Crippen molar-refractivity contribution in [3.8, 4) is 0 Å². The Balaban J connectivity index is 1.89. The minimum absolute atomic E-state index is 0.297. The Morgan fingerprint density at radius 3 is 2.39 bits per heavy atom. The number of aliphatic hydroxyl groups is 1. The summed E-state index contributed by atoms with van der Waals surface area (Å²) >= 11 is 0. The van der Waals surface area contributed by atoms with Crippen LogP contribution in [-0.2, 0) is 0 Å². The van der Waals surface area contributed by atoms with Gasteiger partial charge in [0.15, 0.2) is 0 Å². The van der Waals surface area contributed by atoms with Crippen LogP contribution >= 0.6 is 0 Å². The van der Waals surface area contributed by atoms with Crippen LogP contribution in [-0.4, -0.2) is 47.8 Å². The van der Waals surface area contributed by atoms with Gasteiger partial charge in [0.1, 0.15) is 0 Å². The van der Waals surface area contributed by atoms with E-state index < -0.39 is 0 Å². The van der Waals surface area contributed by atoms with Gasteiger partial charge in [0.25, 0.3) is 0 Å². The second-order valence-electron chi connectivity index (χ2n) is 6.27. The van der Waals surface area contributed by atoms with Gasteiger partial charge in [-0.3, -0.25) is 4.90 Å². The summed E-state index contributed by atoms with van der Waals surface area (Å²) in [6, 6.07) is 0.442. The van der Waals surface area contributed by atoms with Gasteiger partial charge in [-0.05, 0) is 52.1 Å². The fourth-order valence-corrected chi connectivity index (χ4v) is 3.67. The second-order valence-corrected chi connectivity index (χ2v) is 6.27. The van der Waals surface area contributed by atoms with Crippen LogP contribution in [0.2, 0.25) is 0 Å². The highest BCUT2D eigenvalue weighted by Gasteiger charge is 2.39. The van der Waals surface area contributed by atoms with Gasteiger partial charge in [0.05, 0.1) is 0 Å². The van der Waals surface area contributed by atoms with Gasteiger partial charge < -0.3 is 10.4 Å². The molecule has 106 valence electrons. The maximum Gasteiger partial charge on any atom is 0.0445 e. The molecule has 0 amide bonds. The molecule has 1 heterocycles. The molecule has 18 heavy (non-hydrogen) atoms. The number of likely N-dealkylation sites (tertiary alicyclic amines) is 1. The molecule has 0 spiro atoms. The first kappa shape index (κ1) is 14.3. The summed E-state index contributed by atoms with van der Waals surface area (Å²) in [5.74, 6) is 0. The molecule has 2 N–H and O–H groups in total. The molecule has 2 fully saturated rings. The summed E-state index contributed by atoms with van der Waals surface area (Å²) in [4.78, 5) is 2.77. The van der Waals surface area contributed by atoms with Crippen molar-refractivity contribution in [2.75, 3.05) is 26.2 Å². The van der Waals surface area contributed by atoms with Crippen LogP contribution in [0.1, 0.15) is 58.3 Å². The number of rotatable bonds is 6. The molecular weight excluding hydrogens is 224 g/mol. The van der Waals surface area contributed by atoms with Crippen LogP contribution in [0.3, 0.4) is 0 Å². The number of aliphatic hydroxyl groups excluding tert-OH is 1. The molecule has 1 atom stereocenters. The van der Waals surface area contributed by atoms with E-state index in [4.69, 9.17) is 5.11 Å². The first-order valence-electron chi connectivity index (χ1n) is 7.86. The van der Waals surface area contributed by atoms with Crippen LogP contribution in [0.25, 0.3) is 0 Å². The Morgan fingerprint density at radius 2 is 1.78 bits per heavy atom. The van der Waals surface area contributed by atoms with Gasteiger partial charge >= 0.3 is 0 Å². The van der Waals surface area contributed by atoms with Crippen molar-refractivity contribution in [3.05, 3.63) is 0 Å². The number of nitrogens with one attached hydrogen (secondary N) is 1. The maximum atomic E-state index is 8.99. The lowest BCUT2D eigenvalue weighted by molar-refractivity contribution is 0.0669. The fraction of sp³-hybridized carbons (Fsp3) is 1.00. The highest BCUT2D eigenvalue weighted by Crippen LogP contribution is 2.36. The van der Waals surface area contributed by atoms with E-state index in [0.717, 1.165) is 13.0 Å². The van der Waals surface area contributed by atoms with Gasteiger partial charge in [-0.1, -0.05) is 19.3 Å². The number of piperidine rings is 1.